The van der Waals surface area contributed by atoms with E-state index in [0.29, 0.717) is 0 Å². The highest BCUT2D eigenvalue weighted by molar-refractivity contribution is 5.73. The Hall–Kier alpha value is -0.730. The molecule has 1 saturated heterocycles. The molecule has 0 saturated carbocycles. The van der Waals surface area contributed by atoms with Crippen LogP contribution in [0.3, 0.4) is 0 Å². The topological polar surface area (TPSA) is 105 Å². The maximum Gasteiger partial charge on any atom is 0.335 e. The number of carboxylic acid groups (broad SMARTS) is 1. The summed E-state index contributed by atoms with van der Waals surface area (Å²) in [7, 11) is 1.43. The Kier molecular flexibility index (Phi) is 5.51. The van der Waals surface area contributed by atoms with Gasteiger partial charge in [0, 0.05) is 7.11 Å². The molecule has 3 unspecified atom stereocenters. The molecule has 1 rings (SSSR count). The summed E-state index contributed by atoms with van der Waals surface area (Å²) in [6.45, 7) is 6.72. The van der Waals surface area contributed by atoms with Gasteiger partial charge in [-0.3, -0.25) is 0 Å². The van der Waals surface area contributed by atoms with Crippen LogP contribution in [0, 0.1) is 0 Å². The number of aliphatic carboxylic acids is 1. The van der Waals surface area contributed by atoms with E-state index in [2.05, 4.69) is 0 Å². The molecule has 118 valence electrons. The van der Waals surface area contributed by atoms with E-state index in [0.717, 1.165) is 0 Å². The average Bonchev–Trinajstić information content (AvgIpc) is 2.34. The molecule has 3 N–H and O–H groups in total. The summed E-state index contributed by atoms with van der Waals surface area (Å²) in [6.07, 6.45) is -6.45. The zero-order valence-corrected chi connectivity index (χ0v) is 12.4. The molecule has 1 aliphatic heterocycles. The van der Waals surface area contributed by atoms with Gasteiger partial charge in [0.1, 0.15) is 24.4 Å². The lowest BCUT2D eigenvalue weighted by molar-refractivity contribution is -0.274. The number of ether oxygens (including phenoxy) is 3. The van der Waals surface area contributed by atoms with Crippen molar-refractivity contribution in [3.63, 3.8) is 0 Å². The van der Waals surface area contributed by atoms with Gasteiger partial charge in [-0.15, -0.1) is 0 Å². The molecule has 5 atom stereocenters. The van der Waals surface area contributed by atoms with Crippen molar-refractivity contribution in [1.82, 2.24) is 0 Å². The average molecular weight is 292 g/mol. The Balaban J connectivity index is 3.03. The first-order valence-corrected chi connectivity index (χ1v) is 6.56. The maximum absolute atomic E-state index is 11.3. The lowest BCUT2D eigenvalue weighted by Gasteiger charge is -2.46. The summed E-state index contributed by atoms with van der Waals surface area (Å²) >= 11 is 0. The highest BCUT2D eigenvalue weighted by atomic mass is 16.6. The third-order valence-electron chi connectivity index (χ3n) is 3.47. The minimum atomic E-state index is -1.37. The first kappa shape index (κ1) is 17.3. The quantitative estimate of drug-likeness (QED) is 0.643. The Bertz CT molecular complexity index is 342. The van der Waals surface area contributed by atoms with E-state index < -0.39 is 42.1 Å². The van der Waals surface area contributed by atoms with Crippen molar-refractivity contribution in [2.24, 2.45) is 0 Å². The number of methoxy groups -OCH3 is 1. The molecule has 0 aromatic carbocycles. The first-order valence-electron chi connectivity index (χ1n) is 6.56. The molecular formula is C13H24O7. The maximum atomic E-state index is 11.3. The number of aliphatic hydroxyl groups is 2. The van der Waals surface area contributed by atoms with E-state index >= 15 is 0 Å². The number of hydrogen-bond donors (Lipinski definition) is 3. The smallest absolute Gasteiger partial charge is 0.335 e. The Morgan fingerprint density at radius 2 is 1.80 bits per heavy atom. The molecule has 7 heteroatoms. The van der Waals surface area contributed by atoms with Crippen LogP contribution in [0.5, 0.6) is 0 Å². The van der Waals surface area contributed by atoms with Crippen LogP contribution in [0.2, 0.25) is 0 Å². The van der Waals surface area contributed by atoms with Gasteiger partial charge in [0.05, 0.1) is 11.7 Å². The van der Waals surface area contributed by atoms with Gasteiger partial charge in [-0.25, -0.2) is 4.79 Å². The number of rotatable bonds is 5. The van der Waals surface area contributed by atoms with Crippen molar-refractivity contribution in [3.05, 3.63) is 0 Å². The van der Waals surface area contributed by atoms with Crippen molar-refractivity contribution in [1.29, 1.82) is 0 Å². The van der Waals surface area contributed by atoms with Gasteiger partial charge in [0.2, 0.25) is 0 Å². The van der Waals surface area contributed by atoms with Gasteiger partial charge in [0.25, 0.3) is 0 Å². The lowest BCUT2D eigenvalue weighted by atomic mass is 9.86. The van der Waals surface area contributed by atoms with E-state index in [-0.39, 0.29) is 6.10 Å². The normalized spacial score (nSPS) is 35.3. The first-order chi connectivity index (χ1) is 9.11. The summed E-state index contributed by atoms with van der Waals surface area (Å²) in [5, 5.41) is 29.6. The summed E-state index contributed by atoms with van der Waals surface area (Å²) < 4.78 is 16.0. The second-order valence-corrected chi connectivity index (χ2v) is 5.75. The van der Waals surface area contributed by atoms with Crippen molar-refractivity contribution in [2.75, 3.05) is 7.11 Å². The third-order valence-corrected chi connectivity index (χ3v) is 3.47. The number of aliphatic hydroxyl groups excluding tert-OH is 2. The Morgan fingerprint density at radius 1 is 1.25 bits per heavy atom. The predicted molar refractivity (Wildman–Crippen MR) is 69.4 cm³/mol. The predicted octanol–water partition coefficient (Wildman–Crippen LogP) is -0.221. The van der Waals surface area contributed by atoms with Crippen LogP contribution in [-0.2, 0) is 19.0 Å². The monoisotopic (exact) mass is 292 g/mol. The number of carbonyl (C=O) groups is 1. The molecule has 0 bridgehead atoms. The molecule has 1 aliphatic rings. The van der Waals surface area contributed by atoms with Crippen LogP contribution in [0.15, 0.2) is 0 Å². The van der Waals surface area contributed by atoms with Crippen LogP contribution >= 0.6 is 0 Å². The molecule has 0 aromatic rings. The van der Waals surface area contributed by atoms with Crippen molar-refractivity contribution in [3.8, 4) is 0 Å². The fourth-order valence-corrected chi connectivity index (χ4v) is 2.22. The van der Waals surface area contributed by atoms with Gasteiger partial charge < -0.3 is 29.5 Å². The molecule has 1 fully saturated rings. The third kappa shape index (κ3) is 3.48. The van der Waals surface area contributed by atoms with E-state index in [9.17, 15) is 20.1 Å². The number of hydrogen-bond acceptors (Lipinski definition) is 6. The van der Waals surface area contributed by atoms with Gasteiger partial charge in [-0.05, 0) is 27.7 Å². The highest BCUT2D eigenvalue weighted by Gasteiger charge is 2.53. The van der Waals surface area contributed by atoms with Gasteiger partial charge >= 0.3 is 5.97 Å². The van der Waals surface area contributed by atoms with Crippen molar-refractivity contribution >= 4 is 5.97 Å². The molecule has 0 spiro atoms. The molecule has 0 aromatic heterocycles. The zero-order valence-electron chi connectivity index (χ0n) is 12.4. The SMILES string of the molecule is COC(C)(C)C1O[C@H](C(=O)O)[C@@H](OC(C)C)C(O)C1O. The van der Waals surface area contributed by atoms with E-state index in [1.807, 2.05) is 0 Å². The lowest BCUT2D eigenvalue weighted by Crippen LogP contribution is -2.65. The van der Waals surface area contributed by atoms with Gasteiger partial charge in [-0.1, -0.05) is 0 Å². The van der Waals surface area contributed by atoms with E-state index in [1.165, 1.54) is 7.11 Å². The van der Waals surface area contributed by atoms with Crippen LogP contribution in [0.25, 0.3) is 0 Å². The fourth-order valence-electron chi connectivity index (χ4n) is 2.22. The second-order valence-electron chi connectivity index (χ2n) is 5.75. The summed E-state index contributed by atoms with van der Waals surface area (Å²) in [5.74, 6) is -1.25. The molecule has 1 heterocycles. The Labute approximate surface area is 118 Å². The van der Waals surface area contributed by atoms with Crippen LogP contribution in [-0.4, -0.2) is 70.6 Å². The molecular weight excluding hydrogens is 268 g/mol. The minimum Gasteiger partial charge on any atom is -0.479 e. The van der Waals surface area contributed by atoms with Crippen LogP contribution in [0.1, 0.15) is 27.7 Å². The molecule has 0 aliphatic carbocycles. The summed E-state index contributed by atoms with van der Waals surface area (Å²) in [4.78, 5) is 11.3. The van der Waals surface area contributed by atoms with E-state index in [1.54, 1.807) is 27.7 Å². The largest absolute Gasteiger partial charge is 0.479 e. The van der Waals surface area contributed by atoms with E-state index in [4.69, 9.17) is 14.2 Å². The minimum absolute atomic E-state index is 0.306. The second kappa shape index (κ2) is 6.36. The molecule has 7 nitrogen and oxygen atoms in total. The summed E-state index contributed by atoms with van der Waals surface area (Å²) in [6, 6.07) is 0. The standard InChI is InChI=1S/C13H24O7/c1-6(2)19-9-7(14)8(15)11(13(3,4)18-5)20-10(9)12(16)17/h6-11,14-15H,1-5H3,(H,16,17)/t7?,8?,9-,10-,11?/m0/s1. The fraction of sp³-hybridized carbons (Fsp3) is 0.923. The van der Waals surface area contributed by atoms with Crippen molar-refractivity contribution in [2.45, 2.75) is 69.9 Å². The zero-order chi connectivity index (χ0) is 15.7. The number of carboxylic acids is 1. The van der Waals surface area contributed by atoms with Gasteiger partial charge in [-0.2, -0.15) is 0 Å². The molecule has 0 radical (unpaired) electrons. The summed E-state index contributed by atoms with van der Waals surface area (Å²) in [5.41, 5.74) is -0.948. The van der Waals surface area contributed by atoms with Crippen LogP contribution in [0.4, 0.5) is 0 Å². The van der Waals surface area contributed by atoms with Crippen LogP contribution < -0.4 is 0 Å². The molecule has 0 amide bonds. The Morgan fingerprint density at radius 3 is 2.20 bits per heavy atom. The highest BCUT2D eigenvalue weighted by Crippen LogP contribution is 2.31. The van der Waals surface area contributed by atoms with Gasteiger partial charge in [0.15, 0.2) is 6.10 Å². The van der Waals surface area contributed by atoms with Crippen molar-refractivity contribution < 1.29 is 34.3 Å². The molecule has 20 heavy (non-hydrogen) atoms.